The van der Waals surface area contributed by atoms with Gasteiger partial charge in [0.25, 0.3) is 0 Å². The summed E-state index contributed by atoms with van der Waals surface area (Å²) in [5, 5.41) is 8.97. The van der Waals surface area contributed by atoms with E-state index in [0.717, 1.165) is 12.0 Å². The predicted octanol–water partition coefficient (Wildman–Crippen LogP) is 2.73. The molecule has 0 saturated heterocycles. The molecule has 1 amide bonds. The second kappa shape index (κ2) is 8.41. The van der Waals surface area contributed by atoms with Crippen LogP contribution in [0.15, 0.2) is 24.3 Å². The number of hydrogen-bond acceptors (Lipinski definition) is 3. The number of aliphatic carboxylic acids is 1. The first-order valence-electron chi connectivity index (χ1n) is 7.60. The van der Waals surface area contributed by atoms with E-state index in [9.17, 15) is 9.59 Å². The van der Waals surface area contributed by atoms with Crippen LogP contribution in [-0.2, 0) is 16.0 Å². The molecule has 1 atom stereocenters. The minimum Gasteiger partial charge on any atom is -0.491 e. The molecule has 5 heteroatoms. The molecule has 0 radical (unpaired) electrons. The zero-order valence-electron chi connectivity index (χ0n) is 13.7. The van der Waals surface area contributed by atoms with Gasteiger partial charge >= 0.3 is 5.97 Å². The van der Waals surface area contributed by atoms with E-state index in [1.165, 1.54) is 4.90 Å². The van der Waals surface area contributed by atoms with Crippen molar-refractivity contribution in [2.75, 3.05) is 6.54 Å². The van der Waals surface area contributed by atoms with Gasteiger partial charge in [0, 0.05) is 6.04 Å². The summed E-state index contributed by atoms with van der Waals surface area (Å²) in [6.07, 6.45) is 0.956. The molecule has 1 aromatic carbocycles. The van der Waals surface area contributed by atoms with Crippen molar-refractivity contribution in [2.24, 2.45) is 0 Å². The molecule has 122 valence electrons. The van der Waals surface area contributed by atoms with Crippen molar-refractivity contribution in [2.45, 2.75) is 52.7 Å². The van der Waals surface area contributed by atoms with Crippen LogP contribution in [0.25, 0.3) is 0 Å². The van der Waals surface area contributed by atoms with E-state index in [-0.39, 0.29) is 31.0 Å². The second-order valence-electron chi connectivity index (χ2n) is 5.66. The highest BCUT2D eigenvalue weighted by molar-refractivity contribution is 5.83. The van der Waals surface area contributed by atoms with Gasteiger partial charge < -0.3 is 14.7 Å². The number of carboxylic acid groups (broad SMARTS) is 1. The number of rotatable bonds is 8. The fourth-order valence-corrected chi connectivity index (χ4v) is 2.13. The van der Waals surface area contributed by atoms with Crippen LogP contribution in [0.4, 0.5) is 0 Å². The maximum absolute atomic E-state index is 12.4. The molecule has 0 heterocycles. The molecule has 1 N–H and O–H groups in total. The van der Waals surface area contributed by atoms with Crippen LogP contribution < -0.4 is 4.74 Å². The third-order valence-corrected chi connectivity index (χ3v) is 3.37. The Morgan fingerprint density at radius 2 is 1.95 bits per heavy atom. The summed E-state index contributed by atoms with van der Waals surface area (Å²) in [5.74, 6) is -0.461. The quantitative estimate of drug-likeness (QED) is 0.802. The summed E-state index contributed by atoms with van der Waals surface area (Å²) in [7, 11) is 0. The number of amides is 1. The molecular weight excluding hydrogens is 282 g/mol. The number of carboxylic acids is 1. The van der Waals surface area contributed by atoms with E-state index in [4.69, 9.17) is 9.84 Å². The zero-order valence-corrected chi connectivity index (χ0v) is 13.7. The zero-order chi connectivity index (χ0) is 16.7. The maximum atomic E-state index is 12.4. The smallest absolute Gasteiger partial charge is 0.323 e. The number of benzene rings is 1. The van der Waals surface area contributed by atoms with Crippen molar-refractivity contribution in [1.29, 1.82) is 0 Å². The molecule has 0 aliphatic rings. The van der Waals surface area contributed by atoms with Crippen LogP contribution in [0.2, 0.25) is 0 Å². The minimum absolute atomic E-state index is 0.0644. The van der Waals surface area contributed by atoms with E-state index < -0.39 is 5.97 Å². The normalized spacial score (nSPS) is 12.0. The number of nitrogens with zero attached hydrogens (tertiary/aromatic N) is 1. The Kier molecular flexibility index (Phi) is 6.89. The Morgan fingerprint density at radius 1 is 1.27 bits per heavy atom. The highest BCUT2D eigenvalue weighted by Crippen LogP contribution is 2.16. The van der Waals surface area contributed by atoms with Crippen molar-refractivity contribution in [3.63, 3.8) is 0 Å². The van der Waals surface area contributed by atoms with Gasteiger partial charge in [-0.05, 0) is 44.9 Å². The molecule has 1 rings (SSSR count). The van der Waals surface area contributed by atoms with Crippen molar-refractivity contribution in [3.05, 3.63) is 29.8 Å². The molecule has 1 unspecified atom stereocenters. The topological polar surface area (TPSA) is 66.8 Å². The number of ether oxygens (including phenoxy) is 1. The van der Waals surface area contributed by atoms with E-state index in [2.05, 4.69) is 0 Å². The van der Waals surface area contributed by atoms with Gasteiger partial charge in [0.1, 0.15) is 12.3 Å². The lowest BCUT2D eigenvalue weighted by Crippen LogP contribution is -2.42. The maximum Gasteiger partial charge on any atom is 0.323 e. The number of carbonyl (C=O) groups excluding carboxylic acids is 1. The predicted molar refractivity (Wildman–Crippen MR) is 85.0 cm³/mol. The lowest BCUT2D eigenvalue weighted by Gasteiger charge is -2.27. The summed E-state index contributed by atoms with van der Waals surface area (Å²) in [4.78, 5) is 24.8. The van der Waals surface area contributed by atoms with E-state index in [1.54, 1.807) is 0 Å². The molecule has 5 nitrogen and oxygen atoms in total. The minimum atomic E-state index is -0.995. The third kappa shape index (κ3) is 5.76. The average Bonchev–Trinajstić information content (AvgIpc) is 2.43. The molecule has 0 aliphatic heterocycles. The van der Waals surface area contributed by atoms with E-state index in [1.807, 2.05) is 52.0 Å². The van der Waals surface area contributed by atoms with Crippen molar-refractivity contribution in [1.82, 2.24) is 4.90 Å². The van der Waals surface area contributed by atoms with Gasteiger partial charge in [-0.1, -0.05) is 19.1 Å². The van der Waals surface area contributed by atoms with Gasteiger partial charge in [-0.15, -0.1) is 0 Å². The van der Waals surface area contributed by atoms with Crippen LogP contribution in [0.3, 0.4) is 0 Å². The molecule has 0 bridgehead atoms. The Morgan fingerprint density at radius 3 is 2.50 bits per heavy atom. The molecular formula is C17H25NO4. The Balaban J connectivity index is 2.82. The molecule has 0 saturated carbocycles. The first kappa shape index (κ1) is 18.0. The average molecular weight is 307 g/mol. The molecule has 1 aromatic rings. The molecule has 0 fully saturated rings. The van der Waals surface area contributed by atoms with Crippen molar-refractivity contribution < 1.29 is 19.4 Å². The van der Waals surface area contributed by atoms with Crippen molar-refractivity contribution >= 4 is 11.9 Å². The fraction of sp³-hybridized carbons (Fsp3) is 0.529. The van der Waals surface area contributed by atoms with Gasteiger partial charge in [-0.2, -0.15) is 0 Å². The monoisotopic (exact) mass is 307 g/mol. The Hall–Kier alpha value is -2.04. The van der Waals surface area contributed by atoms with Crippen LogP contribution in [0.5, 0.6) is 5.75 Å². The lowest BCUT2D eigenvalue weighted by molar-refractivity contribution is -0.145. The van der Waals surface area contributed by atoms with Gasteiger partial charge in [0.05, 0.1) is 12.5 Å². The molecule has 0 spiro atoms. The Bertz CT molecular complexity index is 513. The van der Waals surface area contributed by atoms with Crippen LogP contribution in [0, 0.1) is 0 Å². The fourth-order valence-electron chi connectivity index (χ4n) is 2.13. The van der Waals surface area contributed by atoms with Crippen LogP contribution in [0.1, 0.15) is 39.7 Å². The highest BCUT2D eigenvalue weighted by Gasteiger charge is 2.21. The first-order chi connectivity index (χ1) is 10.3. The number of carbonyl (C=O) groups is 2. The summed E-state index contributed by atoms with van der Waals surface area (Å²) in [6, 6.07) is 7.26. The standard InChI is InChI=1S/C17H25NO4/c1-5-13(4)18(11-17(20)21)16(19)10-14-7-6-8-15(9-14)22-12(2)3/h6-9,12-13H,5,10-11H2,1-4H3,(H,20,21). The van der Waals surface area contributed by atoms with Crippen molar-refractivity contribution in [3.8, 4) is 5.75 Å². The van der Waals surface area contributed by atoms with Crippen LogP contribution >= 0.6 is 0 Å². The molecule has 0 aliphatic carbocycles. The molecule has 22 heavy (non-hydrogen) atoms. The van der Waals surface area contributed by atoms with Gasteiger partial charge in [0.2, 0.25) is 5.91 Å². The van der Waals surface area contributed by atoms with Crippen LogP contribution in [-0.4, -0.2) is 40.6 Å². The summed E-state index contributed by atoms with van der Waals surface area (Å²) in [5.41, 5.74) is 0.821. The lowest BCUT2D eigenvalue weighted by atomic mass is 10.1. The van der Waals surface area contributed by atoms with Gasteiger partial charge in [0.15, 0.2) is 0 Å². The first-order valence-corrected chi connectivity index (χ1v) is 7.60. The van der Waals surface area contributed by atoms with Gasteiger partial charge in [-0.25, -0.2) is 0 Å². The van der Waals surface area contributed by atoms with E-state index >= 15 is 0 Å². The summed E-state index contributed by atoms with van der Waals surface area (Å²) >= 11 is 0. The highest BCUT2D eigenvalue weighted by atomic mass is 16.5. The second-order valence-corrected chi connectivity index (χ2v) is 5.66. The van der Waals surface area contributed by atoms with E-state index in [0.29, 0.717) is 5.75 Å². The summed E-state index contributed by atoms with van der Waals surface area (Å²) < 4.78 is 5.61. The third-order valence-electron chi connectivity index (χ3n) is 3.37. The number of hydrogen-bond donors (Lipinski definition) is 1. The Labute approximate surface area is 131 Å². The largest absolute Gasteiger partial charge is 0.491 e. The van der Waals surface area contributed by atoms with Gasteiger partial charge in [-0.3, -0.25) is 9.59 Å². The SMILES string of the molecule is CCC(C)N(CC(=O)O)C(=O)Cc1cccc(OC(C)C)c1. The molecule has 0 aromatic heterocycles. The summed E-state index contributed by atoms with van der Waals surface area (Å²) in [6.45, 7) is 7.41.